The molecule has 0 saturated carbocycles. The first-order valence-corrected chi connectivity index (χ1v) is 10.6. The number of benzene rings is 1. The molecule has 0 radical (unpaired) electrons. The maximum Gasteiger partial charge on any atom is 0.307 e. The zero-order valence-electron chi connectivity index (χ0n) is 17.2. The van der Waals surface area contributed by atoms with E-state index >= 15 is 0 Å². The fourth-order valence-electron chi connectivity index (χ4n) is 2.45. The molecule has 0 aliphatic carbocycles. The molecule has 14 heteroatoms. The lowest BCUT2D eigenvalue weighted by molar-refractivity contribution is -0.384. The van der Waals surface area contributed by atoms with Gasteiger partial charge >= 0.3 is 5.97 Å². The van der Waals surface area contributed by atoms with E-state index in [2.05, 4.69) is 10.3 Å². The van der Waals surface area contributed by atoms with Gasteiger partial charge in [-0.25, -0.2) is 4.98 Å². The minimum atomic E-state index is -5.14. The number of hydrogen-bond donors (Lipinski definition) is 2. The Kier molecular flexibility index (Phi) is 10.4. The van der Waals surface area contributed by atoms with E-state index in [1.807, 2.05) is 0 Å². The smallest absolute Gasteiger partial charge is 0.307 e. The van der Waals surface area contributed by atoms with Crippen LogP contribution in [-0.2, 0) is 14.1 Å². The molecule has 1 amide bonds. The molecule has 0 aliphatic rings. The van der Waals surface area contributed by atoms with Crippen LogP contribution in [0.4, 0.5) is 17.2 Å². The summed E-state index contributed by atoms with van der Waals surface area (Å²) in [6, 6.07) is 9.19. The average Bonchev–Trinajstić information content (AvgIpc) is 2.73. The van der Waals surface area contributed by atoms with Crippen molar-refractivity contribution in [3.63, 3.8) is 0 Å². The number of carbonyl (C=O) groups excluding carboxylic acids is 2. The molecule has 32 heavy (non-hydrogen) atoms. The topological polar surface area (TPSA) is 198 Å². The van der Waals surface area contributed by atoms with Crippen LogP contribution in [0.2, 0.25) is 0 Å². The Balaban J connectivity index is 0.000000920. The molecular weight excluding hydrogens is 447 g/mol. The van der Waals surface area contributed by atoms with Gasteiger partial charge in [0.25, 0.3) is 11.6 Å². The van der Waals surface area contributed by atoms with Crippen LogP contribution in [0.3, 0.4) is 0 Å². The van der Waals surface area contributed by atoms with Crippen molar-refractivity contribution in [2.45, 2.75) is 13.3 Å². The molecule has 2 aromatic rings. The van der Waals surface area contributed by atoms with Crippen molar-refractivity contribution in [2.75, 3.05) is 30.4 Å². The maximum atomic E-state index is 13.0. The zero-order valence-corrected chi connectivity index (χ0v) is 18.1. The molecule has 0 fully saturated rings. The van der Waals surface area contributed by atoms with Crippen molar-refractivity contribution in [1.29, 1.82) is 0 Å². The van der Waals surface area contributed by atoms with Crippen LogP contribution in [0.1, 0.15) is 23.7 Å². The molecule has 1 aromatic carbocycles. The highest BCUT2D eigenvalue weighted by Gasteiger charge is 2.23. The van der Waals surface area contributed by atoms with Gasteiger partial charge in [-0.05, 0) is 31.2 Å². The summed E-state index contributed by atoms with van der Waals surface area (Å²) >= 11 is 0. The number of rotatable bonds is 8. The quantitative estimate of drug-likeness (QED) is 0.236. The van der Waals surface area contributed by atoms with Crippen molar-refractivity contribution in [3.05, 3.63) is 58.3 Å². The van der Waals surface area contributed by atoms with E-state index in [-0.39, 0.29) is 30.8 Å². The predicted octanol–water partition coefficient (Wildman–Crippen LogP) is 0.439. The van der Waals surface area contributed by atoms with Crippen LogP contribution in [0.25, 0.3) is 0 Å². The maximum absolute atomic E-state index is 13.0. The first kappa shape index (κ1) is 26.7. The number of nitrogens with one attached hydrogen (secondary N) is 1. The van der Waals surface area contributed by atoms with Gasteiger partial charge in [0, 0.05) is 31.4 Å². The number of nitrogens with zero attached hydrogens (tertiary/aromatic N) is 3. The van der Waals surface area contributed by atoms with Crippen molar-refractivity contribution in [3.8, 4) is 0 Å². The number of ether oxygens (including phenoxy) is 1. The lowest BCUT2D eigenvalue weighted by atomic mass is 10.1. The van der Waals surface area contributed by atoms with Crippen molar-refractivity contribution in [1.82, 2.24) is 4.98 Å². The average molecular weight is 468 g/mol. The second-order valence-corrected chi connectivity index (χ2v) is 6.84. The third-order valence-corrected chi connectivity index (χ3v) is 3.73. The van der Waals surface area contributed by atoms with Gasteiger partial charge < -0.3 is 29.3 Å². The molecule has 0 unspecified atom stereocenters. The van der Waals surface area contributed by atoms with Gasteiger partial charge in [0.2, 0.25) is 0 Å². The third kappa shape index (κ3) is 9.18. The fourth-order valence-corrected chi connectivity index (χ4v) is 2.45. The Hall–Kier alpha value is -3.38. The van der Waals surface area contributed by atoms with Crippen LogP contribution in [0, 0.1) is 10.1 Å². The summed E-state index contributed by atoms with van der Waals surface area (Å²) in [4.78, 5) is 65.1. The van der Waals surface area contributed by atoms with Crippen molar-refractivity contribution in [2.24, 2.45) is 0 Å². The lowest BCUT2D eigenvalue weighted by Crippen LogP contribution is -2.34. The largest absolute Gasteiger partial charge is 0.790 e. The molecule has 0 aliphatic heterocycles. The standard InChI is InChI=1S/C18H20N4O5.H3O4P/c1-3-27-17(23)9-11-21(16-6-4-5-10-20-16)18(24)13-7-8-14(19-2)15(12-13)22(25)26;1-5(2,3)4/h4-8,10,12,19H,3,9,11H2,1-2H3;(H3,1,2,3,4)/p-2. The summed E-state index contributed by atoms with van der Waals surface area (Å²) in [6.07, 6.45) is 1.50. The van der Waals surface area contributed by atoms with Gasteiger partial charge in [-0.1, -0.05) is 6.07 Å². The third-order valence-electron chi connectivity index (χ3n) is 3.73. The minimum absolute atomic E-state index is 0.0210. The van der Waals surface area contributed by atoms with Gasteiger partial charge in [0.05, 0.1) is 25.8 Å². The Morgan fingerprint density at radius 2 is 1.94 bits per heavy atom. The fraction of sp³-hybridized carbons (Fsp3) is 0.278. The highest BCUT2D eigenvalue weighted by Crippen LogP contribution is 2.26. The van der Waals surface area contributed by atoms with Gasteiger partial charge in [-0.2, -0.15) is 0 Å². The molecule has 174 valence electrons. The number of anilines is 2. The molecule has 1 aromatic heterocycles. The van der Waals surface area contributed by atoms with E-state index < -0.39 is 24.6 Å². The summed E-state index contributed by atoms with van der Waals surface area (Å²) in [5.41, 5.74) is 0.206. The lowest BCUT2D eigenvalue weighted by Gasteiger charge is -2.21. The Morgan fingerprint density at radius 3 is 2.44 bits per heavy atom. The number of amides is 1. The van der Waals surface area contributed by atoms with Gasteiger partial charge in [-0.15, -0.1) is 0 Å². The first-order chi connectivity index (χ1) is 15.0. The molecule has 2 rings (SSSR count). The number of carbonyl (C=O) groups is 2. The summed E-state index contributed by atoms with van der Waals surface area (Å²) in [7, 11) is -3.58. The number of nitro benzene ring substituents is 1. The molecule has 13 nitrogen and oxygen atoms in total. The van der Waals surface area contributed by atoms with E-state index in [9.17, 15) is 19.7 Å². The molecule has 0 atom stereocenters. The molecular formula is C18H21N4O9P-2. The van der Waals surface area contributed by atoms with E-state index in [0.717, 1.165) is 0 Å². The van der Waals surface area contributed by atoms with E-state index in [1.54, 1.807) is 32.2 Å². The Bertz CT molecular complexity index is 973. The van der Waals surface area contributed by atoms with E-state index in [0.29, 0.717) is 11.5 Å². The Labute approximate surface area is 183 Å². The van der Waals surface area contributed by atoms with Crippen LogP contribution >= 0.6 is 7.82 Å². The van der Waals surface area contributed by atoms with Crippen molar-refractivity contribution >= 4 is 36.9 Å². The van der Waals surface area contributed by atoms with Gasteiger partial charge in [-0.3, -0.25) is 24.6 Å². The number of esters is 1. The summed E-state index contributed by atoms with van der Waals surface area (Å²) in [6.45, 7) is 1.98. The summed E-state index contributed by atoms with van der Waals surface area (Å²) < 4.78 is 13.6. The highest BCUT2D eigenvalue weighted by atomic mass is 31.2. The summed E-state index contributed by atoms with van der Waals surface area (Å²) in [5.74, 6) is -0.598. The number of hydrogen-bond acceptors (Lipinski definition) is 10. The predicted molar refractivity (Wildman–Crippen MR) is 110 cm³/mol. The van der Waals surface area contributed by atoms with Crippen LogP contribution < -0.4 is 20.0 Å². The van der Waals surface area contributed by atoms with E-state index in [1.165, 1.54) is 29.3 Å². The number of pyridine rings is 1. The number of nitro groups is 1. The molecule has 0 bridgehead atoms. The zero-order chi connectivity index (χ0) is 24.3. The highest BCUT2D eigenvalue weighted by molar-refractivity contribution is 7.42. The van der Waals surface area contributed by atoms with Crippen LogP contribution in [0.5, 0.6) is 0 Å². The minimum Gasteiger partial charge on any atom is -0.790 e. The molecule has 2 N–H and O–H groups in total. The first-order valence-electron chi connectivity index (χ1n) is 9.07. The molecule has 1 heterocycles. The monoisotopic (exact) mass is 468 g/mol. The second kappa shape index (κ2) is 12.5. The number of phosphoric acid groups is 1. The van der Waals surface area contributed by atoms with Gasteiger partial charge in [0.15, 0.2) is 0 Å². The molecule has 0 spiro atoms. The SMILES string of the molecule is CCOC(=O)CCN(C(=O)c1ccc(NC)c([N+](=O)[O-])c1)c1ccccn1.O=P([O-])([O-])O. The normalized spacial score (nSPS) is 10.4. The van der Waals surface area contributed by atoms with Gasteiger partial charge in [0.1, 0.15) is 11.5 Å². The Morgan fingerprint density at radius 1 is 1.28 bits per heavy atom. The van der Waals surface area contributed by atoms with Crippen LogP contribution in [0.15, 0.2) is 42.6 Å². The summed E-state index contributed by atoms with van der Waals surface area (Å²) in [5, 5.41) is 14.0. The number of aromatic nitrogens is 1. The van der Waals surface area contributed by atoms with Crippen LogP contribution in [-0.4, -0.2) is 46.9 Å². The van der Waals surface area contributed by atoms with Crippen molar-refractivity contribution < 1.29 is 38.5 Å². The second-order valence-electron chi connectivity index (χ2n) is 5.91. The molecule has 0 saturated heterocycles. The van der Waals surface area contributed by atoms with E-state index in [4.69, 9.17) is 24.0 Å².